The zero-order valence-electron chi connectivity index (χ0n) is 16.2. The molecular formula is C22H20F4N2O. The van der Waals surface area contributed by atoms with Gasteiger partial charge < -0.3 is 10.2 Å². The molecule has 0 radical (unpaired) electrons. The molecule has 3 aromatic rings. The van der Waals surface area contributed by atoms with Crippen molar-refractivity contribution in [1.29, 1.82) is 0 Å². The van der Waals surface area contributed by atoms with E-state index in [1.807, 2.05) is 26.0 Å². The highest BCUT2D eigenvalue weighted by Gasteiger charge is 2.34. The fraction of sp³-hybridized carbons (Fsp3) is 0.227. The highest BCUT2D eigenvalue weighted by atomic mass is 19.4. The average molecular weight is 404 g/mol. The van der Waals surface area contributed by atoms with Crippen molar-refractivity contribution in [2.75, 3.05) is 18.9 Å². The smallest absolute Gasteiger partial charge is 0.355 e. The number of rotatable bonds is 4. The van der Waals surface area contributed by atoms with Crippen molar-refractivity contribution < 1.29 is 22.4 Å². The van der Waals surface area contributed by atoms with Gasteiger partial charge in [-0.1, -0.05) is 18.2 Å². The van der Waals surface area contributed by atoms with Gasteiger partial charge in [0.15, 0.2) is 0 Å². The predicted octanol–water partition coefficient (Wildman–Crippen LogP) is 6.14. The summed E-state index contributed by atoms with van der Waals surface area (Å²) in [6, 6.07) is 11.5. The molecule has 0 saturated carbocycles. The van der Waals surface area contributed by atoms with E-state index in [4.69, 9.17) is 0 Å². The third kappa shape index (κ3) is 4.04. The summed E-state index contributed by atoms with van der Waals surface area (Å²) in [6.45, 7) is 4.28. The summed E-state index contributed by atoms with van der Waals surface area (Å²) in [5.41, 5.74) is 0.682. The molecule has 3 aromatic carbocycles. The number of carbonyl (C=O) groups is 1. The average Bonchev–Trinajstić information content (AvgIpc) is 2.68. The number of anilines is 2. The number of amides is 1. The summed E-state index contributed by atoms with van der Waals surface area (Å²) in [5, 5.41) is 4.35. The standard InChI is InChI=1S/C22H20F4N2O/c1-4-28(3)21(29)16-9-11-19(15-7-5-6-13(2)20(15)16)27-14-8-10-18(23)17(12-14)22(24,25)26/h5-12,27H,4H2,1-3H3. The summed E-state index contributed by atoms with van der Waals surface area (Å²) < 4.78 is 52.6. The number of fused-ring (bicyclic) bond motifs is 1. The van der Waals surface area contributed by atoms with Gasteiger partial charge in [-0.15, -0.1) is 0 Å². The van der Waals surface area contributed by atoms with Crippen molar-refractivity contribution >= 4 is 28.1 Å². The maximum absolute atomic E-state index is 13.6. The predicted molar refractivity (Wildman–Crippen MR) is 106 cm³/mol. The van der Waals surface area contributed by atoms with Gasteiger partial charge in [0.1, 0.15) is 5.82 Å². The first-order chi connectivity index (χ1) is 13.6. The Hall–Kier alpha value is -3.09. The lowest BCUT2D eigenvalue weighted by Gasteiger charge is -2.19. The van der Waals surface area contributed by atoms with Crippen molar-refractivity contribution in [3.05, 3.63) is 71.0 Å². The normalized spacial score (nSPS) is 11.6. The van der Waals surface area contributed by atoms with E-state index < -0.39 is 17.6 Å². The largest absolute Gasteiger partial charge is 0.419 e. The fourth-order valence-electron chi connectivity index (χ4n) is 3.20. The Kier molecular flexibility index (Phi) is 5.50. The van der Waals surface area contributed by atoms with Gasteiger partial charge >= 0.3 is 6.18 Å². The molecule has 3 rings (SSSR count). The fourth-order valence-corrected chi connectivity index (χ4v) is 3.20. The first-order valence-corrected chi connectivity index (χ1v) is 9.05. The van der Waals surface area contributed by atoms with E-state index in [0.717, 1.165) is 23.1 Å². The van der Waals surface area contributed by atoms with Gasteiger partial charge in [0.25, 0.3) is 5.91 Å². The zero-order chi connectivity index (χ0) is 21.3. The molecule has 1 N–H and O–H groups in total. The maximum atomic E-state index is 13.6. The van der Waals surface area contributed by atoms with Crippen molar-refractivity contribution in [3.63, 3.8) is 0 Å². The molecule has 1 amide bonds. The van der Waals surface area contributed by atoms with Gasteiger partial charge in [0, 0.05) is 35.9 Å². The van der Waals surface area contributed by atoms with Crippen molar-refractivity contribution in [1.82, 2.24) is 4.90 Å². The molecule has 0 fully saturated rings. The second-order valence-corrected chi connectivity index (χ2v) is 6.79. The third-order valence-corrected chi connectivity index (χ3v) is 4.85. The molecular weight excluding hydrogens is 384 g/mol. The van der Waals surface area contributed by atoms with Crippen LogP contribution in [0.1, 0.15) is 28.4 Å². The molecule has 0 aliphatic carbocycles. The Labute approximate surface area is 165 Å². The number of hydrogen-bond donors (Lipinski definition) is 1. The van der Waals surface area contributed by atoms with Crippen LogP contribution in [0.3, 0.4) is 0 Å². The molecule has 0 bridgehead atoms. The third-order valence-electron chi connectivity index (χ3n) is 4.85. The molecule has 0 atom stereocenters. The molecule has 152 valence electrons. The number of aryl methyl sites for hydroxylation is 1. The summed E-state index contributed by atoms with van der Waals surface area (Å²) in [6.07, 6.45) is -4.79. The molecule has 3 nitrogen and oxygen atoms in total. The van der Waals surface area contributed by atoms with Crippen molar-refractivity contribution in [2.45, 2.75) is 20.0 Å². The van der Waals surface area contributed by atoms with Gasteiger partial charge in [-0.2, -0.15) is 13.2 Å². The SMILES string of the molecule is CCN(C)C(=O)c1ccc(Nc2ccc(F)c(C(F)(F)F)c2)c2cccc(C)c12. The Morgan fingerprint density at radius 2 is 1.83 bits per heavy atom. The minimum absolute atomic E-state index is 0.103. The van der Waals surface area contributed by atoms with Crippen LogP contribution in [-0.4, -0.2) is 24.4 Å². The zero-order valence-corrected chi connectivity index (χ0v) is 16.2. The Bertz CT molecular complexity index is 1080. The van der Waals surface area contributed by atoms with Crippen molar-refractivity contribution in [2.24, 2.45) is 0 Å². The Balaban J connectivity index is 2.11. The number of benzene rings is 3. The highest BCUT2D eigenvalue weighted by Crippen LogP contribution is 2.36. The van der Waals surface area contributed by atoms with E-state index in [-0.39, 0.29) is 11.6 Å². The first kappa shape index (κ1) is 20.6. The van der Waals surface area contributed by atoms with Crippen LogP contribution < -0.4 is 5.32 Å². The number of nitrogens with one attached hydrogen (secondary N) is 1. The summed E-state index contributed by atoms with van der Waals surface area (Å²) in [4.78, 5) is 14.3. The Morgan fingerprint density at radius 3 is 2.48 bits per heavy atom. The van der Waals surface area contributed by atoms with E-state index in [2.05, 4.69) is 5.32 Å². The second-order valence-electron chi connectivity index (χ2n) is 6.79. The molecule has 0 aliphatic rings. The van der Waals surface area contributed by atoms with Gasteiger partial charge in [0.2, 0.25) is 0 Å². The van der Waals surface area contributed by atoms with Crippen LogP contribution in [0, 0.1) is 12.7 Å². The van der Waals surface area contributed by atoms with Crippen LogP contribution in [0.25, 0.3) is 10.8 Å². The molecule has 0 unspecified atom stereocenters. The summed E-state index contributed by atoms with van der Waals surface area (Å²) in [7, 11) is 1.70. The van der Waals surface area contributed by atoms with Crippen LogP contribution in [0.5, 0.6) is 0 Å². The number of hydrogen-bond acceptors (Lipinski definition) is 2. The topological polar surface area (TPSA) is 32.3 Å². The minimum atomic E-state index is -4.79. The second kappa shape index (κ2) is 7.73. The van der Waals surface area contributed by atoms with Crippen LogP contribution in [0.15, 0.2) is 48.5 Å². The van der Waals surface area contributed by atoms with Gasteiger partial charge in [0.05, 0.1) is 5.56 Å². The van der Waals surface area contributed by atoms with Crippen LogP contribution in [0.2, 0.25) is 0 Å². The van der Waals surface area contributed by atoms with Crippen molar-refractivity contribution in [3.8, 4) is 0 Å². The molecule has 0 aliphatic heterocycles. The summed E-state index contributed by atoms with van der Waals surface area (Å²) in [5.74, 6) is -1.47. The quantitative estimate of drug-likeness (QED) is 0.530. The summed E-state index contributed by atoms with van der Waals surface area (Å²) >= 11 is 0. The highest BCUT2D eigenvalue weighted by molar-refractivity contribution is 6.11. The van der Waals surface area contributed by atoms with E-state index in [9.17, 15) is 22.4 Å². The van der Waals surface area contributed by atoms with E-state index in [1.165, 1.54) is 6.07 Å². The number of nitrogens with zero attached hydrogens (tertiary/aromatic N) is 1. The lowest BCUT2D eigenvalue weighted by Crippen LogP contribution is -2.26. The molecule has 29 heavy (non-hydrogen) atoms. The number of carbonyl (C=O) groups excluding carboxylic acids is 1. The van der Waals surface area contributed by atoms with Gasteiger partial charge in [-0.3, -0.25) is 4.79 Å². The van der Waals surface area contributed by atoms with Crippen LogP contribution in [-0.2, 0) is 6.18 Å². The Morgan fingerprint density at radius 1 is 1.10 bits per heavy atom. The molecule has 0 heterocycles. The monoisotopic (exact) mass is 404 g/mol. The molecule has 0 spiro atoms. The van der Waals surface area contributed by atoms with Crippen LogP contribution >= 0.6 is 0 Å². The van der Waals surface area contributed by atoms with Crippen LogP contribution in [0.4, 0.5) is 28.9 Å². The lowest BCUT2D eigenvalue weighted by molar-refractivity contribution is -0.139. The molecule has 7 heteroatoms. The van der Waals surface area contributed by atoms with E-state index in [1.54, 1.807) is 30.1 Å². The van der Waals surface area contributed by atoms with Gasteiger partial charge in [-0.05, 0) is 55.1 Å². The van der Waals surface area contributed by atoms with E-state index in [0.29, 0.717) is 23.2 Å². The van der Waals surface area contributed by atoms with E-state index >= 15 is 0 Å². The molecule has 0 aromatic heterocycles. The first-order valence-electron chi connectivity index (χ1n) is 9.05. The maximum Gasteiger partial charge on any atom is 0.419 e. The minimum Gasteiger partial charge on any atom is -0.355 e. The lowest BCUT2D eigenvalue weighted by atomic mass is 9.97. The number of halogens is 4. The molecule has 0 saturated heterocycles. The van der Waals surface area contributed by atoms with Gasteiger partial charge in [-0.25, -0.2) is 4.39 Å². The number of alkyl halides is 3.